The molecule has 0 fully saturated rings. The van der Waals surface area contributed by atoms with Gasteiger partial charge in [-0.2, -0.15) is 5.10 Å². The third-order valence-corrected chi connectivity index (χ3v) is 2.14. The van der Waals surface area contributed by atoms with E-state index in [1.165, 1.54) is 0 Å². The maximum absolute atomic E-state index is 8.69. The van der Waals surface area contributed by atoms with Crippen LogP contribution in [0, 0.1) is 4.77 Å². The molecule has 0 atom stereocenters. The van der Waals surface area contributed by atoms with Crippen molar-refractivity contribution in [3.8, 4) is 0 Å². The van der Waals surface area contributed by atoms with E-state index in [-0.39, 0.29) is 6.61 Å². The molecule has 1 aromatic rings. The Hall–Kier alpha value is -0.680. The first kappa shape index (κ1) is 10.4. The van der Waals surface area contributed by atoms with Crippen LogP contribution in [-0.2, 0) is 6.42 Å². The fourth-order valence-corrected chi connectivity index (χ4v) is 1.65. The Bertz CT molecular complexity index is 315. The van der Waals surface area contributed by atoms with Crippen LogP contribution in [0.2, 0.25) is 0 Å². The highest BCUT2D eigenvalue weighted by atomic mass is 32.1. The minimum atomic E-state index is 0.192. The van der Waals surface area contributed by atoms with E-state index in [9.17, 15) is 0 Å². The van der Waals surface area contributed by atoms with Crippen LogP contribution in [0.25, 0.3) is 0 Å². The summed E-state index contributed by atoms with van der Waals surface area (Å²) in [5.41, 5.74) is 0. The molecule has 0 saturated heterocycles. The number of H-pyrrole nitrogens is 1. The van der Waals surface area contributed by atoms with Crippen LogP contribution in [-0.4, -0.2) is 26.5 Å². The second-order valence-electron chi connectivity index (χ2n) is 3.24. The first-order valence-electron chi connectivity index (χ1n) is 4.43. The van der Waals surface area contributed by atoms with Gasteiger partial charge in [0.05, 0.1) is 0 Å². The average molecular weight is 201 g/mol. The zero-order valence-corrected chi connectivity index (χ0v) is 8.77. The first-order chi connectivity index (χ1) is 6.16. The van der Waals surface area contributed by atoms with Crippen LogP contribution in [0.15, 0.2) is 0 Å². The van der Waals surface area contributed by atoms with Gasteiger partial charge in [0, 0.05) is 19.1 Å². The van der Waals surface area contributed by atoms with Gasteiger partial charge in [-0.15, -0.1) is 0 Å². The highest BCUT2D eigenvalue weighted by molar-refractivity contribution is 7.71. The van der Waals surface area contributed by atoms with Crippen molar-refractivity contribution in [2.75, 3.05) is 6.61 Å². The molecule has 0 aliphatic carbocycles. The zero-order valence-electron chi connectivity index (χ0n) is 7.95. The van der Waals surface area contributed by atoms with Gasteiger partial charge in [-0.25, -0.2) is 0 Å². The summed E-state index contributed by atoms with van der Waals surface area (Å²) in [4.78, 5) is 0. The van der Waals surface area contributed by atoms with Gasteiger partial charge in [0.15, 0.2) is 4.77 Å². The highest BCUT2D eigenvalue weighted by Crippen LogP contribution is 2.09. The molecule has 0 aromatic carbocycles. The van der Waals surface area contributed by atoms with Crippen molar-refractivity contribution < 1.29 is 5.11 Å². The zero-order chi connectivity index (χ0) is 9.84. The topological polar surface area (TPSA) is 53.8 Å². The van der Waals surface area contributed by atoms with Crippen molar-refractivity contribution in [3.63, 3.8) is 0 Å². The van der Waals surface area contributed by atoms with E-state index < -0.39 is 0 Å². The van der Waals surface area contributed by atoms with Crippen LogP contribution in [0.3, 0.4) is 0 Å². The quantitative estimate of drug-likeness (QED) is 0.725. The fraction of sp³-hybridized carbons (Fsp3) is 0.750. The van der Waals surface area contributed by atoms with E-state index >= 15 is 0 Å². The molecule has 13 heavy (non-hydrogen) atoms. The maximum Gasteiger partial charge on any atom is 0.195 e. The monoisotopic (exact) mass is 201 g/mol. The Kier molecular flexibility index (Phi) is 3.62. The van der Waals surface area contributed by atoms with Gasteiger partial charge in [0.1, 0.15) is 5.82 Å². The number of nitrogens with zero attached hydrogens (tertiary/aromatic N) is 2. The van der Waals surface area contributed by atoms with E-state index in [2.05, 4.69) is 24.0 Å². The molecule has 0 aliphatic rings. The lowest BCUT2D eigenvalue weighted by Gasteiger charge is -2.09. The molecule has 74 valence electrons. The largest absolute Gasteiger partial charge is 0.396 e. The molecule has 0 radical (unpaired) electrons. The predicted molar refractivity (Wildman–Crippen MR) is 53.2 cm³/mol. The summed E-state index contributed by atoms with van der Waals surface area (Å²) in [6.07, 6.45) is 1.49. The smallest absolute Gasteiger partial charge is 0.195 e. The maximum atomic E-state index is 8.69. The summed E-state index contributed by atoms with van der Waals surface area (Å²) in [5.74, 6) is 0.925. The Balaban J connectivity index is 2.87. The van der Waals surface area contributed by atoms with E-state index in [0.717, 1.165) is 18.7 Å². The number of aromatic amines is 1. The van der Waals surface area contributed by atoms with Crippen molar-refractivity contribution in [1.29, 1.82) is 0 Å². The first-order valence-corrected chi connectivity index (χ1v) is 4.84. The molecule has 2 N–H and O–H groups in total. The molecule has 1 heterocycles. The van der Waals surface area contributed by atoms with Crippen molar-refractivity contribution >= 4 is 12.2 Å². The summed E-state index contributed by atoms with van der Waals surface area (Å²) in [6, 6.07) is 0.319. The van der Waals surface area contributed by atoms with Crippen molar-refractivity contribution in [2.24, 2.45) is 0 Å². The molecule has 0 spiro atoms. The van der Waals surface area contributed by atoms with Crippen LogP contribution in [0.5, 0.6) is 0 Å². The van der Waals surface area contributed by atoms with Crippen LogP contribution in [0.4, 0.5) is 0 Å². The van der Waals surface area contributed by atoms with Crippen LogP contribution >= 0.6 is 12.2 Å². The molecule has 0 aliphatic heterocycles. The third kappa shape index (κ3) is 2.38. The summed E-state index contributed by atoms with van der Waals surface area (Å²) in [6.45, 7) is 4.32. The van der Waals surface area contributed by atoms with Gasteiger partial charge in [-0.05, 0) is 32.5 Å². The predicted octanol–water partition coefficient (Wildman–Crippen LogP) is 1.45. The van der Waals surface area contributed by atoms with E-state index in [0.29, 0.717) is 10.8 Å². The van der Waals surface area contributed by atoms with Gasteiger partial charge < -0.3 is 9.67 Å². The minimum absolute atomic E-state index is 0.192. The van der Waals surface area contributed by atoms with Gasteiger partial charge in [0.2, 0.25) is 0 Å². The van der Waals surface area contributed by atoms with Crippen molar-refractivity contribution in [2.45, 2.75) is 32.7 Å². The van der Waals surface area contributed by atoms with Crippen LogP contribution < -0.4 is 0 Å². The fourth-order valence-electron chi connectivity index (χ4n) is 1.28. The Morgan fingerprint density at radius 2 is 2.31 bits per heavy atom. The molecule has 0 amide bonds. The second-order valence-corrected chi connectivity index (χ2v) is 3.62. The second kappa shape index (κ2) is 4.53. The third-order valence-electron chi connectivity index (χ3n) is 1.85. The summed E-state index contributed by atoms with van der Waals surface area (Å²) >= 11 is 5.08. The van der Waals surface area contributed by atoms with E-state index in [4.69, 9.17) is 17.3 Å². The summed E-state index contributed by atoms with van der Waals surface area (Å²) in [7, 11) is 0. The van der Waals surface area contributed by atoms with Gasteiger partial charge in [0.25, 0.3) is 0 Å². The Morgan fingerprint density at radius 3 is 2.85 bits per heavy atom. The summed E-state index contributed by atoms with van der Waals surface area (Å²) < 4.78 is 2.63. The van der Waals surface area contributed by atoms with Gasteiger partial charge in [-0.3, -0.25) is 5.10 Å². The number of rotatable bonds is 4. The Morgan fingerprint density at radius 1 is 1.62 bits per heavy atom. The van der Waals surface area contributed by atoms with Crippen molar-refractivity contribution in [3.05, 3.63) is 10.6 Å². The average Bonchev–Trinajstić information content (AvgIpc) is 2.43. The number of aromatic nitrogens is 3. The lowest BCUT2D eigenvalue weighted by Crippen LogP contribution is -2.07. The molecule has 0 bridgehead atoms. The number of aliphatic hydroxyl groups excluding tert-OH is 1. The minimum Gasteiger partial charge on any atom is -0.396 e. The number of hydrogen-bond donors (Lipinski definition) is 2. The van der Waals surface area contributed by atoms with Gasteiger partial charge >= 0.3 is 0 Å². The Labute approximate surface area is 82.6 Å². The van der Waals surface area contributed by atoms with Gasteiger partial charge in [-0.1, -0.05) is 0 Å². The molecule has 4 nitrogen and oxygen atoms in total. The number of hydrogen-bond acceptors (Lipinski definition) is 3. The molecular weight excluding hydrogens is 186 g/mol. The lowest BCUT2D eigenvalue weighted by molar-refractivity contribution is 0.286. The standard InChI is InChI=1S/C8H15N3OS/c1-6(2)11-7(4-3-5-12)9-10-8(11)13/h6,12H,3-5H2,1-2H3,(H,10,13). The SMILES string of the molecule is CC(C)n1c(CCCO)n[nH]c1=S. The molecule has 1 aromatic heterocycles. The molecule has 0 unspecified atom stereocenters. The molecule has 5 heteroatoms. The highest BCUT2D eigenvalue weighted by Gasteiger charge is 2.07. The lowest BCUT2D eigenvalue weighted by atomic mass is 10.3. The number of aliphatic hydroxyl groups is 1. The van der Waals surface area contributed by atoms with Crippen molar-refractivity contribution in [1.82, 2.24) is 14.8 Å². The number of nitrogens with one attached hydrogen (secondary N) is 1. The molecule has 0 saturated carbocycles. The van der Waals surface area contributed by atoms with E-state index in [1.54, 1.807) is 0 Å². The normalized spacial score (nSPS) is 11.1. The van der Waals surface area contributed by atoms with Crippen LogP contribution in [0.1, 0.15) is 32.1 Å². The molecular formula is C8H15N3OS. The summed E-state index contributed by atoms with van der Waals surface area (Å²) in [5, 5.41) is 15.6. The molecule has 1 rings (SSSR count). The van der Waals surface area contributed by atoms with E-state index in [1.807, 2.05) is 4.57 Å². The number of aryl methyl sites for hydroxylation is 1.